The number of fused-ring (bicyclic) bond motifs is 1. The van der Waals surface area contributed by atoms with Crippen LogP contribution in [0.4, 0.5) is 0 Å². The molecule has 2 rings (SSSR count). The van der Waals surface area contributed by atoms with E-state index in [0.29, 0.717) is 0 Å². The minimum absolute atomic E-state index is 0.753. The maximum atomic E-state index is 5.58. The second-order valence-electron chi connectivity index (χ2n) is 4.36. The van der Waals surface area contributed by atoms with Gasteiger partial charge >= 0.3 is 0 Å². The number of nitrogens with two attached hydrogens (primary N) is 1. The van der Waals surface area contributed by atoms with E-state index in [1.54, 1.807) is 0 Å². The van der Waals surface area contributed by atoms with Gasteiger partial charge in [-0.15, -0.1) is 6.58 Å². The van der Waals surface area contributed by atoms with Gasteiger partial charge in [0.05, 0.1) is 0 Å². The van der Waals surface area contributed by atoms with Gasteiger partial charge in [0, 0.05) is 0 Å². The fraction of sp³-hybridized carbons (Fsp3) is 0.250. The lowest BCUT2D eigenvalue weighted by Crippen LogP contribution is -2.00. The van der Waals surface area contributed by atoms with Crippen LogP contribution < -0.4 is 5.73 Å². The van der Waals surface area contributed by atoms with Crippen LogP contribution in [0.15, 0.2) is 49.1 Å². The zero-order valence-electron chi connectivity index (χ0n) is 10.2. The number of allylic oxidation sites excluding steroid dienone is 1. The number of rotatable bonds is 5. The van der Waals surface area contributed by atoms with Crippen molar-refractivity contribution in [3.8, 4) is 0 Å². The van der Waals surface area contributed by atoms with Gasteiger partial charge in [0.15, 0.2) is 0 Å². The first-order valence-electron chi connectivity index (χ1n) is 6.16. The summed E-state index contributed by atoms with van der Waals surface area (Å²) in [6, 6.07) is 13.1. The summed E-state index contributed by atoms with van der Waals surface area (Å²) in [5, 5.41) is 2.67. The maximum Gasteiger partial charge on any atom is -0.00741 e. The van der Waals surface area contributed by atoms with Gasteiger partial charge in [-0.05, 0) is 47.7 Å². The first-order chi connectivity index (χ1) is 8.35. The molecule has 0 aliphatic heterocycles. The molecule has 0 aliphatic rings. The number of aryl methyl sites for hydroxylation is 1. The summed E-state index contributed by atoms with van der Waals surface area (Å²) in [7, 11) is 0. The van der Waals surface area contributed by atoms with Gasteiger partial charge in [0.2, 0.25) is 0 Å². The quantitative estimate of drug-likeness (QED) is 0.775. The van der Waals surface area contributed by atoms with E-state index in [1.807, 2.05) is 6.08 Å². The van der Waals surface area contributed by atoms with Gasteiger partial charge in [-0.25, -0.2) is 0 Å². The third kappa shape index (κ3) is 2.75. The molecule has 0 amide bonds. The van der Waals surface area contributed by atoms with E-state index in [-0.39, 0.29) is 0 Å². The van der Waals surface area contributed by atoms with E-state index in [0.717, 1.165) is 25.8 Å². The Balaban J connectivity index is 2.43. The lowest BCUT2D eigenvalue weighted by Gasteiger charge is -2.07. The minimum atomic E-state index is 0.753. The highest BCUT2D eigenvalue weighted by Crippen LogP contribution is 2.22. The summed E-state index contributed by atoms with van der Waals surface area (Å²) in [5.74, 6) is 0. The Morgan fingerprint density at radius 1 is 1.18 bits per heavy atom. The molecule has 1 heteroatoms. The average molecular weight is 225 g/mol. The van der Waals surface area contributed by atoms with Crippen molar-refractivity contribution in [2.45, 2.75) is 19.3 Å². The highest BCUT2D eigenvalue weighted by Gasteiger charge is 2.01. The van der Waals surface area contributed by atoms with Crippen LogP contribution in [-0.2, 0) is 12.8 Å². The van der Waals surface area contributed by atoms with Crippen LogP contribution >= 0.6 is 0 Å². The Bertz CT molecular complexity index is 514. The highest BCUT2D eigenvalue weighted by molar-refractivity contribution is 5.86. The molecule has 88 valence electrons. The molecule has 0 aliphatic carbocycles. The maximum absolute atomic E-state index is 5.58. The summed E-state index contributed by atoms with van der Waals surface area (Å²) in [4.78, 5) is 0. The van der Waals surface area contributed by atoms with Gasteiger partial charge in [-0.3, -0.25) is 0 Å². The molecule has 0 spiro atoms. The highest BCUT2D eigenvalue weighted by atomic mass is 14.5. The molecular weight excluding hydrogens is 206 g/mol. The smallest absolute Gasteiger partial charge is 0.00741 e. The minimum Gasteiger partial charge on any atom is -0.330 e. The van der Waals surface area contributed by atoms with Crippen LogP contribution in [0.2, 0.25) is 0 Å². The Morgan fingerprint density at radius 2 is 2.06 bits per heavy atom. The fourth-order valence-corrected chi connectivity index (χ4v) is 2.19. The fourth-order valence-electron chi connectivity index (χ4n) is 2.19. The molecule has 0 heterocycles. The largest absolute Gasteiger partial charge is 0.330 e. The molecule has 0 unspecified atom stereocenters. The molecule has 0 atom stereocenters. The van der Waals surface area contributed by atoms with E-state index in [1.165, 1.54) is 21.9 Å². The normalized spacial score (nSPS) is 10.6. The number of hydrogen-bond acceptors (Lipinski definition) is 1. The third-order valence-electron chi connectivity index (χ3n) is 3.07. The van der Waals surface area contributed by atoms with Crippen molar-refractivity contribution < 1.29 is 0 Å². The lowest BCUT2D eigenvalue weighted by molar-refractivity contribution is 0.837. The van der Waals surface area contributed by atoms with Crippen LogP contribution in [0, 0.1) is 0 Å². The Labute approximate surface area is 103 Å². The molecule has 0 fully saturated rings. The second-order valence-corrected chi connectivity index (χ2v) is 4.36. The molecule has 1 nitrogen and oxygen atoms in total. The molecule has 17 heavy (non-hydrogen) atoms. The standard InChI is InChI=1S/C16H19N/c1-2-5-13-9-10-15-7-3-6-14(8-4-11-17)16(15)12-13/h2-3,6-7,9-10,12H,1,4-5,8,11,17H2. The molecule has 0 aromatic heterocycles. The predicted molar refractivity (Wildman–Crippen MR) is 75.2 cm³/mol. The van der Waals surface area contributed by atoms with E-state index >= 15 is 0 Å². The van der Waals surface area contributed by atoms with Crippen LogP contribution in [0.1, 0.15) is 17.5 Å². The summed E-state index contributed by atoms with van der Waals surface area (Å²) < 4.78 is 0. The first kappa shape index (κ1) is 11.9. The monoisotopic (exact) mass is 225 g/mol. The van der Waals surface area contributed by atoms with Crippen molar-refractivity contribution >= 4 is 10.8 Å². The van der Waals surface area contributed by atoms with Gasteiger partial charge in [-0.1, -0.05) is 42.5 Å². The molecule has 0 saturated carbocycles. The lowest BCUT2D eigenvalue weighted by atomic mass is 9.98. The molecule has 2 aromatic rings. The van der Waals surface area contributed by atoms with Crippen LogP contribution in [0.5, 0.6) is 0 Å². The summed E-state index contributed by atoms with van der Waals surface area (Å²) in [5.41, 5.74) is 8.31. The van der Waals surface area contributed by atoms with Crippen molar-refractivity contribution in [3.63, 3.8) is 0 Å². The van der Waals surface area contributed by atoms with Gasteiger partial charge in [0.1, 0.15) is 0 Å². The van der Waals surface area contributed by atoms with Crippen molar-refractivity contribution in [3.05, 3.63) is 60.2 Å². The predicted octanol–water partition coefficient (Wildman–Crippen LogP) is 3.46. The van der Waals surface area contributed by atoms with E-state index in [4.69, 9.17) is 5.73 Å². The zero-order valence-corrected chi connectivity index (χ0v) is 10.2. The van der Waals surface area contributed by atoms with Crippen molar-refractivity contribution in [1.29, 1.82) is 0 Å². The third-order valence-corrected chi connectivity index (χ3v) is 3.07. The Kier molecular flexibility index (Phi) is 3.94. The molecular formula is C16H19N. The van der Waals surface area contributed by atoms with Crippen molar-refractivity contribution in [2.75, 3.05) is 6.54 Å². The summed E-state index contributed by atoms with van der Waals surface area (Å²) in [6.45, 7) is 4.54. The molecule has 0 radical (unpaired) electrons. The van der Waals surface area contributed by atoms with Crippen LogP contribution in [0.3, 0.4) is 0 Å². The summed E-state index contributed by atoms with van der Waals surface area (Å²) in [6.07, 6.45) is 4.99. The van der Waals surface area contributed by atoms with E-state index in [9.17, 15) is 0 Å². The Morgan fingerprint density at radius 3 is 2.82 bits per heavy atom. The van der Waals surface area contributed by atoms with E-state index in [2.05, 4.69) is 43.0 Å². The number of hydrogen-bond donors (Lipinski definition) is 1. The van der Waals surface area contributed by atoms with Crippen molar-refractivity contribution in [2.24, 2.45) is 5.73 Å². The molecule has 0 saturated heterocycles. The first-order valence-corrected chi connectivity index (χ1v) is 6.16. The summed E-state index contributed by atoms with van der Waals surface area (Å²) >= 11 is 0. The van der Waals surface area contributed by atoms with Crippen molar-refractivity contribution in [1.82, 2.24) is 0 Å². The second kappa shape index (κ2) is 5.65. The Hall–Kier alpha value is -1.60. The molecule has 2 N–H and O–H groups in total. The molecule has 0 bridgehead atoms. The van der Waals surface area contributed by atoms with E-state index < -0.39 is 0 Å². The zero-order chi connectivity index (χ0) is 12.1. The topological polar surface area (TPSA) is 26.0 Å². The van der Waals surface area contributed by atoms with Crippen LogP contribution in [0.25, 0.3) is 10.8 Å². The van der Waals surface area contributed by atoms with Crippen LogP contribution in [-0.4, -0.2) is 6.54 Å². The van der Waals surface area contributed by atoms with Gasteiger partial charge < -0.3 is 5.73 Å². The van der Waals surface area contributed by atoms with Gasteiger partial charge in [0.25, 0.3) is 0 Å². The average Bonchev–Trinajstić information content (AvgIpc) is 2.36. The number of benzene rings is 2. The SMILES string of the molecule is C=CCc1ccc2cccc(CCCN)c2c1. The molecule has 2 aromatic carbocycles. The van der Waals surface area contributed by atoms with Gasteiger partial charge in [-0.2, -0.15) is 0 Å².